The van der Waals surface area contributed by atoms with Gasteiger partial charge in [0.25, 0.3) is 10.2 Å². The lowest BCUT2D eigenvalue weighted by Gasteiger charge is -2.23. The van der Waals surface area contributed by atoms with Gasteiger partial charge in [0.15, 0.2) is 0 Å². The molecule has 1 heterocycles. The molecule has 2 unspecified atom stereocenters. The minimum Gasteiger partial charge on any atom is -0.497 e. The normalized spacial score (nSPS) is 23.7. The highest BCUT2D eigenvalue weighted by Crippen LogP contribution is 2.20. The van der Waals surface area contributed by atoms with Crippen molar-refractivity contribution in [2.45, 2.75) is 18.8 Å². The first-order valence-corrected chi connectivity index (χ1v) is 7.94. The summed E-state index contributed by atoms with van der Waals surface area (Å²) in [7, 11) is -0.704. The Hall–Kier alpha value is -1.19. The molecule has 0 aromatic heterocycles. The van der Waals surface area contributed by atoms with Gasteiger partial charge in [0.1, 0.15) is 5.75 Å². The van der Waals surface area contributed by atoms with Crippen molar-refractivity contribution in [3.05, 3.63) is 29.8 Å². The predicted octanol–water partition coefficient (Wildman–Crippen LogP) is -0.591. The Morgan fingerprint density at radius 1 is 1.33 bits per heavy atom. The van der Waals surface area contributed by atoms with Crippen LogP contribution in [0.1, 0.15) is 5.56 Å². The average Bonchev–Trinajstić information content (AvgIpc) is 2.79. The third-order valence-electron chi connectivity index (χ3n) is 3.49. The number of aliphatic hydroxyl groups is 2. The van der Waals surface area contributed by atoms with E-state index in [0.717, 1.165) is 9.87 Å². The molecule has 2 rings (SSSR count). The Morgan fingerprint density at radius 3 is 2.52 bits per heavy atom. The summed E-state index contributed by atoms with van der Waals surface area (Å²) < 4.78 is 32.1. The average molecular weight is 316 g/mol. The number of benzene rings is 1. The lowest BCUT2D eigenvalue weighted by Crippen LogP contribution is -2.40. The van der Waals surface area contributed by atoms with Gasteiger partial charge in [-0.25, -0.2) is 0 Å². The molecule has 0 spiro atoms. The van der Waals surface area contributed by atoms with E-state index in [1.54, 1.807) is 25.3 Å². The summed E-state index contributed by atoms with van der Waals surface area (Å²) in [6, 6.07) is 7.14. The Kier molecular flexibility index (Phi) is 4.84. The molecule has 2 N–H and O–H groups in total. The fourth-order valence-electron chi connectivity index (χ4n) is 2.23. The van der Waals surface area contributed by atoms with Crippen molar-refractivity contribution in [3.63, 3.8) is 0 Å². The van der Waals surface area contributed by atoms with Gasteiger partial charge in [-0.3, -0.25) is 0 Å². The number of hydrogen-bond donors (Lipinski definition) is 2. The van der Waals surface area contributed by atoms with E-state index in [1.165, 1.54) is 11.4 Å². The highest BCUT2D eigenvalue weighted by molar-refractivity contribution is 7.86. The van der Waals surface area contributed by atoms with Gasteiger partial charge >= 0.3 is 0 Å². The number of aliphatic hydroxyl groups excluding tert-OH is 2. The zero-order valence-corrected chi connectivity index (χ0v) is 12.8. The summed E-state index contributed by atoms with van der Waals surface area (Å²) in [5.41, 5.74) is 0.792. The van der Waals surface area contributed by atoms with Crippen molar-refractivity contribution in [1.82, 2.24) is 8.61 Å². The van der Waals surface area contributed by atoms with Crippen LogP contribution in [0.5, 0.6) is 5.75 Å². The molecule has 1 aromatic rings. The topological polar surface area (TPSA) is 90.3 Å². The highest BCUT2D eigenvalue weighted by atomic mass is 32.2. The van der Waals surface area contributed by atoms with E-state index in [-0.39, 0.29) is 19.6 Å². The second kappa shape index (κ2) is 6.29. The largest absolute Gasteiger partial charge is 0.497 e. The van der Waals surface area contributed by atoms with Crippen LogP contribution in [-0.4, -0.2) is 66.7 Å². The van der Waals surface area contributed by atoms with Crippen LogP contribution in [0, 0.1) is 0 Å². The Balaban J connectivity index is 2.10. The molecule has 0 amide bonds. The van der Waals surface area contributed by atoms with Crippen LogP contribution in [0.15, 0.2) is 24.3 Å². The fraction of sp³-hybridized carbons (Fsp3) is 0.538. The maximum absolute atomic E-state index is 12.4. The van der Waals surface area contributed by atoms with Crippen LogP contribution in [-0.2, 0) is 16.8 Å². The number of β-amino-alcohol motifs (C(OH)–C–C–N with tert-alkyl or cyclic N) is 2. The second-order valence-electron chi connectivity index (χ2n) is 5.07. The molecule has 1 aliphatic heterocycles. The van der Waals surface area contributed by atoms with Gasteiger partial charge in [0, 0.05) is 26.7 Å². The van der Waals surface area contributed by atoms with E-state index >= 15 is 0 Å². The molecule has 0 bridgehead atoms. The molecule has 0 radical (unpaired) electrons. The quantitative estimate of drug-likeness (QED) is 0.758. The third kappa shape index (κ3) is 3.53. The maximum atomic E-state index is 12.4. The van der Waals surface area contributed by atoms with Crippen LogP contribution < -0.4 is 4.74 Å². The first-order valence-electron chi connectivity index (χ1n) is 6.55. The van der Waals surface area contributed by atoms with Crippen LogP contribution >= 0.6 is 0 Å². The maximum Gasteiger partial charge on any atom is 0.282 e. The lowest BCUT2D eigenvalue weighted by atomic mass is 10.2. The fourth-order valence-corrected chi connectivity index (χ4v) is 3.62. The Morgan fingerprint density at radius 2 is 1.95 bits per heavy atom. The van der Waals surface area contributed by atoms with Gasteiger partial charge in [-0.2, -0.15) is 17.0 Å². The number of nitrogens with zero attached hydrogens (tertiary/aromatic N) is 2. The molecule has 8 heteroatoms. The molecule has 0 aliphatic carbocycles. The highest BCUT2D eigenvalue weighted by Gasteiger charge is 2.38. The van der Waals surface area contributed by atoms with E-state index in [9.17, 15) is 18.6 Å². The molecule has 1 aromatic carbocycles. The summed E-state index contributed by atoms with van der Waals surface area (Å²) in [4.78, 5) is 0. The number of ether oxygens (including phenoxy) is 1. The standard InChI is InChI=1S/C13H20N2O5S/c1-14(7-10-4-3-5-11(6-10)20-2)21(18,19)15-8-12(16)13(17)9-15/h3-6,12-13,16-17H,7-9H2,1-2H3. The van der Waals surface area contributed by atoms with Crippen molar-refractivity contribution in [1.29, 1.82) is 0 Å². The first kappa shape index (κ1) is 16.2. The SMILES string of the molecule is COc1cccc(CN(C)S(=O)(=O)N2CC(O)C(O)C2)c1. The molecule has 1 saturated heterocycles. The minimum absolute atomic E-state index is 0.0913. The van der Waals surface area contributed by atoms with Crippen molar-refractivity contribution in [2.75, 3.05) is 27.2 Å². The zero-order chi connectivity index (χ0) is 15.6. The monoisotopic (exact) mass is 316 g/mol. The number of rotatable bonds is 5. The van der Waals surface area contributed by atoms with Crippen molar-refractivity contribution >= 4 is 10.2 Å². The summed E-state index contributed by atoms with van der Waals surface area (Å²) >= 11 is 0. The van der Waals surface area contributed by atoms with Gasteiger partial charge in [0.05, 0.1) is 19.3 Å². The molecule has 21 heavy (non-hydrogen) atoms. The molecule has 1 aliphatic rings. The molecule has 0 saturated carbocycles. The van der Waals surface area contributed by atoms with E-state index < -0.39 is 22.4 Å². The van der Waals surface area contributed by atoms with Gasteiger partial charge in [0.2, 0.25) is 0 Å². The van der Waals surface area contributed by atoms with Crippen molar-refractivity contribution < 1.29 is 23.4 Å². The van der Waals surface area contributed by atoms with Crippen molar-refractivity contribution in [3.8, 4) is 5.75 Å². The van der Waals surface area contributed by atoms with E-state index in [1.807, 2.05) is 6.07 Å². The van der Waals surface area contributed by atoms with Gasteiger partial charge < -0.3 is 14.9 Å². The summed E-state index contributed by atoms with van der Waals surface area (Å²) in [6.07, 6.45) is -2.07. The molecular formula is C13H20N2O5S. The second-order valence-corrected chi connectivity index (χ2v) is 7.10. The predicted molar refractivity (Wildman–Crippen MR) is 77.0 cm³/mol. The van der Waals surface area contributed by atoms with Crippen molar-refractivity contribution in [2.24, 2.45) is 0 Å². The molecule has 118 valence electrons. The van der Waals surface area contributed by atoms with Crippen LogP contribution in [0.2, 0.25) is 0 Å². The third-order valence-corrected chi connectivity index (χ3v) is 5.35. The summed E-state index contributed by atoms with van der Waals surface area (Å²) in [6.45, 7) is 0.000124. The summed E-state index contributed by atoms with van der Waals surface area (Å²) in [5, 5.41) is 19.0. The summed E-state index contributed by atoms with van der Waals surface area (Å²) in [5.74, 6) is 0.658. The number of hydrogen-bond acceptors (Lipinski definition) is 5. The van der Waals surface area contributed by atoms with Gasteiger partial charge in [-0.05, 0) is 17.7 Å². The molecule has 1 fully saturated rings. The zero-order valence-electron chi connectivity index (χ0n) is 12.0. The first-order chi connectivity index (χ1) is 9.84. The van der Waals surface area contributed by atoms with Gasteiger partial charge in [-0.15, -0.1) is 0 Å². The van der Waals surface area contributed by atoms with E-state index in [0.29, 0.717) is 5.75 Å². The smallest absolute Gasteiger partial charge is 0.282 e. The van der Waals surface area contributed by atoms with E-state index in [4.69, 9.17) is 4.74 Å². The molecule has 2 atom stereocenters. The lowest BCUT2D eigenvalue weighted by molar-refractivity contribution is 0.0572. The molecule has 7 nitrogen and oxygen atoms in total. The molecular weight excluding hydrogens is 296 g/mol. The van der Waals surface area contributed by atoms with Crippen LogP contribution in [0.3, 0.4) is 0 Å². The Labute approximate surface area is 124 Å². The minimum atomic E-state index is -3.72. The van der Waals surface area contributed by atoms with E-state index in [2.05, 4.69) is 0 Å². The van der Waals surface area contributed by atoms with Crippen LogP contribution in [0.25, 0.3) is 0 Å². The van der Waals surface area contributed by atoms with Gasteiger partial charge in [-0.1, -0.05) is 12.1 Å². The Bertz CT molecular complexity index is 582. The number of methoxy groups -OCH3 is 1. The van der Waals surface area contributed by atoms with Crippen LogP contribution in [0.4, 0.5) is 0 Å².